The maximum absolute atomic E-state index is 11.6. The van der Waals surface area contributed by atoms with Crippen LogP contribution in [0.25, 0.3) is 0 Å². The highest BCUT2D eigenvalue weighted by molar-refractivity contribution is 5.85. The average molecular weight is 370 g/mol. The first kappa shape index (κ1) is 20.0. The van der Waals surface area contributed by atoms with E-state index in [4.69, 9.17) is 16.2 Å². The van der Waals surface area contributed by atoms with Crippen molar-refractivity contribution in [3.05, 3.63) is 11.8 Å². The van der Waals surface area contributed by atoms with E-state index in [0.717, 1.165) is 12.8 Å². The van der Waals surface area contributed by atoms with E-state index in [0.29, 0.717) is 12.8 Å². The molecule has 10 nitrogen and oxygen atoms in total. The van der Waals surface area contributed by atoms with E-state index in [1.165, 1.54) is 13.0 Å². The molecule has 1 saturated carbocycles. The SMILES string of the molecule is CC(=O)N[C@H]1C(C(O)C2CCCCC2O)OC(C(=O)O)=C[C@@H]1N=C(N)N. The van der Waals surface area contributed by atoms with Gasteiger partial charge >= 0.3 is 5.97 Å². The molecule has 0 aromatic rings. The number of hydrogen-bond donors (Lipinski definition) is 6. The molecule has 2 aliphatic rings. The van der Waals surface area contributed by atoms with Gasteiger partial charge in [0.05, 0.1) is 24.3 Å². The summed E-state index contributed by atoms with van der Waals surface area (Å²) in [6, 6.07) is -1.81. The lowest BCUT2D eigenvalue weighted by atomic mass is 9.78. The molecule has 2 rings (SSSR count). The summed E-state index contributed by atoms with van der Waals surface area (Å²) in [6.07, 6.45) is 0.899. The lowest BCUT2D eigenvalue weighted by Crippen LogP contribution is -2.59. The minimum absolute atomic E-state index is 0.292. The Morgan fingerprint density at radius 3 is 2.54 bits per heavy atom. The van der Waals surface area contributed by atoms with Crippen molar-refractivity contribution in [1.29, 1.82) is 0 Å². The molecule has 1 fully saturated rings. The maximum Gasteiger partial charge on any atom is 0.370 e. The second kappa shape index (κ2) is 8.37. The fraction of sp³-hybridized carbons (Fsp3) is 0.688. The van der Waals surface area contributed by atoms with Gasteiger partial charge in [-0.2, -0.15) is 0 Å². The summed E-state index contributed by atoms with van der Waals surface area (Å²) in [5.41, 5.74) is 10.8. The number of ether oxygens (including phenoxy) is 1. The van der Waals surface area contributed by atoms with Crippen LogP contribution in [0, 0.1) is 5.92 Å². The molecule has 10 heteroatoms. The fourth-order valence-corrected chi connectivity index (χ4v) is 3.59. The normalized spacial score (nSPS) is 32.6. The van der Waals surface area contributed by atoms with Gasteiger partial charge in [-0.1, -0.05) is 12.8 Å². The molecule has 0 radical (unpaired) electrons. The molecule has 0 bridgehead atoms. The third-order valence-electron chi connectivity index (χ3n) is 4.74. The van der Waals surface area contributed by atoms with E-state index in [1.54, 1.807) is 0 Å². The number of carboxylic acids is 1. The Kier molecular flexibility index (Phi) is 6.43. The van der Waals surface area contributed by atoms with Crippen molar-refractivity contribution < 1.29 is 29.6 Å². The number of rotatable bonds is 5. The molecule has 1 aliphatic carbocycles. The second-order valence-electron chi connectivity index (χ2n) is 6.70. The fourth-order valence-electron chi connectivity index (χ4n) is 3.59. The second-order valence-corrected chi connectivity index (χ2v) is 6.70. The maximum atomic E-state index is 11.6. The highest BCUT2D eigenvalue weighted by Gasteiger charge is 2.45. The summed E-state index contributed by atoms with van der Waals surface area (Å²) in [6.45, 7) is 1.28. The third-order valence-corrected chi connectivity index (χ3v) is 4.74. The van der Waals surface area contributed by atoms with Crippen LogP contribution in [0.5, 0.6) is 0 Å². The summed E-state index contributed by atoms with van der Waals surface area (Å²) in [7, 11) is 0. The zero-order valence-electron chi connectivity index (χ0n) is 14.5. The van der Waals surface area contributed by atoms with Gasteiger partial charge in [0.15, 0.2) is 5.96 Å². The standard InChI is InChI=1S/C16H26N4O6/c1-7(21)19-12-9(20-16(17)18)6-11(15(24)25)26-14(12)13(23)8-4-2-3-5-10(8)22/h6,8-10,12-14,22-23H,2-5H2,1H3,(H,19,21)(H,24,25)(H4,17,18,20)/t8?,9-,10?,12+,13?,14?/m0/s1. The van der Waals surface area contributed by atoms with Gasteiger partial charge in [-0.25, -0.2) is 9.79 Å². The van der Waals surface area contributed by atoms with Crippen LogP contribution in [-0.2, 0) is 14.3 Å². The summed E-state index contributed by atoms with van der Waals surface area (Å²) in [4.78, 5) is 27.0. The molecule has 1 amide bonds. The van der Waals surface area contributed by atoms with Crippen molar-refractivity contribution >= 4 is 17.8 Å². The van der Waals surface area contributed by atoms with Crippen molar-refractivity contribution in [2.24, 2.45) is 22.4 Å². The molecule has 6 atom stereocenters. The van der Waals surface area contributed by atoms with E-state index in [-0.39, 0.29) is 5.96 Å². The number of carboxylic acid groups (broad SMARTS) is 1. The number of aliphatic imine (C=N–C) groups is 1. The van der Waals surface area contributed by atoms with Crippen LogP contribution in [-0.4, -0.2) is 63.6 Å². The Hall–Kier alpha value is -2.33. The molecule has 26 heavy (non-hydrogen) atoms. The lowest BCUT2D eigenvalue weighted by Gasteiger charge is -2.41. The van der Waals surface area contributed by atoms with Gasteiger partial charge in [-0.3, -0.25) is 4.79 Å². The van der Waals surface area contributed by atoms with Crippen molar-refractivity contribution in [1.82, 2.24) is 5.32 Å². The Morgan fingerprint density at radius 2 is 2.00 bits per heavy atom. The average Bonchev–Trinajstić information content (AvgIpc) is 2.55. The van der Waals surface area contributed by atoms with Gasteiger partial charge in [0.25, 0.3) is 0 Å². The summed E-state index contributed by atoms with van der Waals surface area (Å²) in [5, 5.41) is 33.0. The van der Waals surface area contributed by atoms with E-state index in [2.05, 4.69) is 10.3 Å². The topological polar surface area (TPSA) is 180 Å². The number of nitrogens with zero attached hydrogens (tertiary/aromatic N) is 1. The number of aliphatic carboxylic acids is 1. The first-order valence-electron chi connectivity index (χ1n) is 8.54. The molecule has 8 N–H and O–H groups in total. The van der Waals surface area contributed by atoms with Crippen LogP contribution < -0.4 is 16.8 Å². The summed E-state index contributed by atoms with van der Waals surface area (Å²) in [5.74, 6) is -2.97. The Balaban J connectivity index is 2.38. The van der Waals surface area contributed by atoms with Crippen LogP contribution in [0.15, 0.2) is 16.8 Å². The van der Waals surface area contributed by atoms with Crippen LogP contribution in [0.2, 0.25) is 0 Å². The molecule has 0 saturated heterocycles. The number of amides is 1. The molecule has 0 aromatic heterocycles. The summed E-state index contributed by atoms with van der Waals surface area (Å²) >= 11 is 0. The van der Waals surface area contributed by atoms with Crippen LogP contribution in [0.3, 0.4) is 0 Å². The lowest BCUT2D eigenvalue weighted by molar-refractivity contribution is -0.145. The first-order chi connectivity index (χ1) is 12.2. The van der Waals surface area contributed by atoms with E-state index >= 15 is 0 Å². The van der Waals surface area contributed by atoms with E-state index in [9.17, 15) is 24.9 Å². The Morgan fingerprint density at radius 1 is 1.35 bits per heavy atom. The number of aliphatic hydroxyl groups is 2. The molecule has 4 unspecified atom stereocenters. The Bertz CT molecular complexity index is 604. The van der Waals surface area contributed by atoms with Gasteiger partial charge in [0.2, 0.25) is 11.7 Å². The van der Waals surface area contributed by atoms with Crippen molar-refractivity contribution in [2.45, 2.75) is 63.0 Å². The predicted octanol–water partition coefficient (Wildman–Crippen LogP) is -1.59. The van der Waals surface area contributed by atoms with E-state index < -0.39 is 53.9 Å². The van der Waals surface area contributed by atoms with Crippen molar-refractivity contribution in [3.8, 4) is 0 Å². The number of carbonyl (C=O) groups is 2. The molecule has 0 spiro atoms. The smallest absolute Gasteiger partial charge is 0.370 e. The highest BCUT2D eigenvalue weighted by atomic mass is 16.5. The zero-order valence-corrected chi connectivity index (χ0v) is 14.5. The monoisotopic (exact) mass is 370 g/mol. The van der Waals surface area contributed by atoms with Crippen molar-refractivity contribution in [3.63, 3.8) is 0 Å². The number of aliphatic hydroxyl groups excluding tert-OH is 2. The van der Waals surface area contributed by atoms with Crippen LogP contribution >= 0.6 is 0 Å². The first-order valence-corrected chi connectivity index (χ1v) is 8.54. The van der Waals surface area contributed by atoms with Gasteiger partial charge in [0, 0.05) is 12.8 Å². The molecule has 0 aromatic carbocycles. The number of carbonyl (C=O) groups excluding carboxylic acids is 1. The van der Waals surface area contributed by atoms with E-state index in [1.807, 2.05) is 0 Å². The molecule has 1 aliphatic heterocycles. The van der Waals surface area contributed by atoms with Crippen LogP contribution in [0.4, 0.5) is 0 Å². The Labute approximate surface area is 150 Å². The van der Waals surface area contributed by atoms with Crippen molar-refractivity contribution in [2.75, 3.05) is 0 Å². The number of hydrogen-bond acceptors (Lipinski definition) is 6. The van der Waals surface area contributed by atoms with Gasteiger partial charge in [-0.15, -0.1) is 0 Å². The van der Waals surface area contributed by atoms with Gasteiger partial charge < -0.3 is 36.8 Å². The number of nitrogens with one attached hydrogen (secondary N) is 1. The number of nitrogens with two attached hydrogens (primary N) is 2. The minimum atomic E-state index is -1.34. The molecule has 1 heterocycles. The molecule has 146 valence electrons. The highest BCUT2D eigenvalue weighted by Crippen LogP contribution is 2.33. The van der Waals surface area contributed by atoms with Gasteiger partial charge in [0.1, 0.15) is 6.10 Å². The quantitative estimate of drug-likeness (QED) is 0.247. The molecular formula is C16H26N4O6. The summed E-state index contributed by atoms with van der Waals surface area (Å²) < 4.78 is 5.47. The van der Waals surface area contributed by atoms with Gasteiger partial charge in [-0.05, 0) is 18.9 Å². The number of guanidine groups is 1. The molecular weight excluding hydrogens is 344 g/mol. The zero-order chi connectivity index (χ0) is 19.4. The largest absolute Gasteiger partial charge is 0.478 e. The minimum Gasteiger partial charge on any atom is -0.478 e. The predicted molar refractivity (Wildman–Crippen MR) is 91.8 cm³/mol. The van der Waals surface area contributed by atoms with Crippen LogP contribution in [0.1, 0.15) is 32.6 Å². The third kappa shape index (κ3) is 4.64.